The van der Waals surface area contributed by atoms with Crippen molar-refractivity contribution >= 4 is 35.0 Å². The highest BCUT2D eigenvalue weighted by Crippen LogP contribution is 2.19. The highest BCUT2D eigenvalue weighted by Gasteiger charge is 2.25. The van der Waals surface area contributed by atoms with E-state index in [9.17, 15) is 14.4 Å². The smallest absolute Gasteiger partial charge is 0.233 e. The lowest BCUT2D eigenvalue weighted by Gasteiger charge is -2.20. The van der Waals surface area contributed by atoms with Crippen molar-refractivity contribution in [2.75, 3.05) is 17.6 Å². The summed E-state index contributed by atoms with van der Waals surface area (Å²) in [5, 5.41) is 5.16. The maximum atomic E-state index is 11.9. The summed E-state index contributed by atoms with van der Waals surface area (Å²) in [7, 11) is 0. The molecule has 0 aliphatic carbocycles. The molecule has 5 nitrogen and oxygen atoms in total. The Morgan fingerprint density at radius 1 is 1.35 bits per heavy atom. The van der Waals surface area contributed by atoms with Gasteiger partial charge in [0.25, 0.3) is 0 Å². The minimum atomic E-state index is -0.319. The number of nitrogens with one attached hydrogen (secondary N) is 2. The number of benzene rings is 1. The molecule has 1 saturated heterocycles. The summed E-state index contributed by atoms with van der Waals surface area (Å²) in [5.74, 6) is 0.536. The molecule has 20 heavy (non-hydrogen) atoms. The fourth-order valence-corrected chi connectivity index (χ4v) is 2.89. The Morgan fingerprint density at radius 3 is 2.65 bits per heavy atom. The van der Waals surface area contributed by atoms with Gasteiger partial charge in [-0.05, 0) is 31.2 Å². The molecule has 6 heteroatoms. The molecule has 1 aliphatic heterocycles. The summed E-state index contributed by atoms with van der Waals surface area (Å²) in [6, 6.07) is 6.70. The van der Waals surface area contributed by atoms with E-state index in [0.29, 0.717) is 17.8 Å². The topological polar surface area (TPSA) is 75.3 Å². The maximum absolute atomic E-state index is 11.9. The third-order valence-corrected chi connectivity index (χ3v) is 4.18. The van der Waals surface area contributed by atoms with Crippen LogP contribution in [0.1, 0.15) is 23.7 Å². The zero-order chi connectivity index (χ0) is 14.5. The van der Waals surface area contributed by atoms with Crippen LogP contribution in [-0.2, 0) is 9.59 Å². The molecule has 1 aromatic carbocycles. The largest absolute Gasteiger partial charge is 0.354 e. The van der Waals surface area contributed by atoms with E-state index in [1.807, 2.05) is 0 Å². The molecule has 0 saturated carbocycles. The number of thioether (sulfide) groups is 1. The normalized spacial score (nSPS) is 18.2. The second-order valence-corrected chi connectivity index (χ2v) is 5.85. The van der Waals surface area contributed by atoms with Crippen LogP contribution in [0.5, 0.6) is 0 Å². The van der Waals surface area contributed by atoms with E-state index in [0.717, 1.165) is 5.75 Å². The number of amides is 2. The van der Waals surface area contributed by atoms with Crippen LogP contribution >= 0.6 is 11.8 Å². The Kier molecular flexibility index (Phi) is 4.79. The van der Waals surface area contributed by atoms with Crippen molar-refractivity contribution in [2.24, 2.45) is 0 Å². The zero-order valence-electron chi connectivity index (χ0n) is 11.1. The average Bonchev–Trinajstić information content (AvgIpc) is 2.42. The van der Waals surface area contributed by atoms with Crippen LogP contribution in [0.3, 0.4) is 0 Å². The highest BCUT2D eigenvalue weighted by atomic mass is 32.2. The summed E-state index contributed by atoms with van der Waals surface area (Å²) in [6.45, 7) is 2.15. The molecule has 0 unspecified atom stereocenters. The molecular weight excluding hydrogens is 276 g/mol. The predicted molar refractivity (Wildman–Crippen MR) is 78.9 cm³/mol. The second-order valence-electron chi connectivity index (χ2n) is 4.54. The molecule has 2 rings (SSSR count). The second kappa shape index (κ2) is 6.56. The number of carbonyl (C=O) groups excluding carboxylic acids is 3. The number of hydrogen-bond donors (Lipinski definition) is 2. The summed E-state index contributed by atoms with van der Waals surface area (Å²) >= 11 is 1.50. The Bertz CT molecular complexity index is 528. The Balaban J connectivity index is 1.90. The SMILES string of the molecule is CC(=O)c1ccc(NC(=O)C[C@H]2SCCNC2=O)cc1. The van der Waals surface area contributed by atoms with Crippen molar-refractivity contribution in [3.63, 3.8) is 0 Å². The van der Waals surface area contributed by atoms with Gasteiger partial charge in [0.1, 0.15) is 0 Å². The van der Waals surface area contributed by atoms with Gasteiger partial charge in [0.15, 0.2) is 5.78 Å². The zero-order valence-corrected chi connectivity index (χ0v) is 12.0. The fraction of sp³-hybridized carbons (Fsp3) is 0.357. The number of anilines is 1. The number of Topliss-reactive ketones (excluding diaryl/α,β-unsaturated/α-hetero) is 1. The first-order valence-corrected chi connectivity index (χ1v) is 7.41. The van der Waals surface area contributed by atoms with Crippen LogP contribution in [0.15, 0.2) is 24.3 Å². The predicted octanol–water partition coefficient (Wildman–Crippen LogP) is 1.45. The van der Waals surface area contributed by atoms with Gasteiger partial charge >= 0.3 is 0 Å². The monoisotopic (exact) mass is 292 g/mol. The number of rotatable bonds is 4. The van der Waals surface area contributed by atoms with Gasteiger partial charge in [-0.25, -0.2) is 0 Å². The molecule has 0 aromatic heterocycles. The van der Waals surface area contributed by atoms with Crippen molar-refractivity contribution in [3.8, 4) is 0 Å². The molecule has 1 aliphatic rings. The van der Waals surface area contributed by atoms with Gasteiger partial charge in [0, 0.05) is 30.0 Å². The van der Waals surface area contributed by atoms with Gasteiger partial charge in [-0.1, -0.05) is 0 Å². The van der Waals surface area contributed by atoms with Crippen LogP contribution in [0.2, 0.25) is 0 Å². The van der Waals surface area contributed by atoms with Crippen molar-refractivity contribution in [2.45, 2.75) is 18.6 Å². The molecule has 0 spiro atoms. The molecule has 1 fully saturated rings. The Hall–Kier alpha value is -1.82. The van der Waals surface area contributed by atoms with E-state index in [4.69, 9.17) is 0 Å². The number of carbonyl (C=O) groups is 3. The quantitative estimate of drug-likeness (QED) is 0.824. The summed E-state index contributed by atoms with van der Waals surface area (Å²) in [6.07, 6.45) is 0.158. The Labute approximate surface area is 121 Å². The fourth-order valence-electron chi connectivity index (χ4n) is 1.89. The number of ketones is 1. The van der Waals surface area contributed by atoms with Gasteiger partial charge in [-0.15, -0.1) is 11.8 Å². The van der Waals surface area contributed by atoms with Crippen LogP contribution in [0.25, 0.3) is 0 Å². The van der Waals surface area contributed by atoms with Gasteiger partial charge < -0.3 is 10.6 Å². The highest BCUT2D eigenvalue weighted by molar-refractivity contribution is 8.00. The van der Waals surface area contributed by atoms with Gasteiger partial charge in [0.2, 0.25) is 11.8 Å². The van der Waals surface area contributed by atoms with E-state index in [-0.39, 0.29) is 29.3 Å². The minimum Gasteiger partial charge on any atom is -0.354 e. The van der Waals surface area contributed by atoms with Gasteiger partial charge in [-0.2, -0.15) is 0 Å². The lowest BCUT2D eigenvalue weighted by Crippen LogP contribution is -2.40. The molecule has 1 heterocycles. The van der Waals surface area contributed by atoms with E-state index < -0.39 is 0 Å². The molecule has 0 bridgehead atoms. The molecule has 2 amide bonds. The van der Waals surface area contributed by atoms with Crippen molar-refractivity contribution in [1.82, 2.24) is 5.32 Å². The van der Waals surface area contributed by atoms with Gasteiger partial charge in [-0.3, -0.25) is 14.4 Å². The molecular formula is C14H16N2O3S. The lowest BCUT2D eigenvalue weighted by atomic mass is 10.1. The van der Waals surface area contributed by atoms with E-state index in [2.05, 4.69) is 10.6 Å². The van der Waals surface area contributed by atoms with Crippen LogP contribution in [0.4, 0.5) is 5.69 Å². The summed E-state index contributed by atoms with van der Waals surface area (Å²) in [5.41, 5.74) is 1.23. The summed E-state index contributed by atoms with van der Waals surface area (Å²) < 4.78 is 0. The van der Waals surface area contributed by atoms with E-state index >= 15 is 0 Å². The van der Waals surface area contributed by atoms with Crippen molar-refractivity contribution in [1.29, 1.82) is 0 Å². The molecule has 1 aromatic rings. The first-order valence-electron chi connectivity index (χ1n) is 6.36. The molecule has 1 atom stereocenters. The number of hydrogen-bond acceptors (Lipinski definition) is 4. The Morgan fingerprint density at radius 2 is 2.05 bits per heavy atom. The minimum absolute atomic E-state index is 0.0156. The maximum Gasteiger partial charge on any atom is 0.233 e. The van der Waals surface area contributed by atoms with Gasteiger partial charge in [0.05, 0.1) is 5.25 Å². The molecule has 0 radical (unpaired) electrons. The first-order chi connectivity index (χ1) is 9.56. The standard InChI is InChI=1S/C14H16N2O3S/c1-9(17)10-2-4-11(5-3-10)16-13(18)8-12-14(19)15-6-7-20-12/h2-5,12H,6-8H2,1H3,(H,15,19)(H,16,18)/t12-/m1/s1. The third-order valence-electron chi connectivity index (χ3n) is 2.96. The third kappa shape index (κ3) is 3.84. The van der Waals surface area contributed by atoms with Crippen LogP contribution < -0.4 is 10.6 Å². The van der Waals surface area contributed by atoms with E-state index in [1.165, 1.54) is 18.7 Å². The molecule has 106 valence electrons. The molecule has 2 N–H and O–H groups in total. The van der Waals surface area contributed by atoms with Crippen LogP contribution in [-0.4, -0.2) is 35.1 Å². The van der Waals surface area contributed by atoms with Crippen molar-refractivity contribution in [3.05, 3.63) is 29.8 Å². The average molecular weight is 292 g/mol. The van der Waals surface area contributed by atoms with E-state index in [1.54, 1.807) is 24.3 Å². The summed E-state index contributed by atoms with van der Waals surface area (Å²) in [4.78, 5) is 34.6. The lowest BCUT2D eigenvalue weighted by molar-refractivity contribution is -0.123. The van der Waals surface area contributed by atoms with Crippen LogP contribution in [0, 0.1) is 0 Å². The van der Waals surface area contributed by atoms with Crippen molar-refractivity contribution < 1.29 is 14.4 Å². The first kappa shape index (κ1) is 14.6.